The molecule has 0 saturated carbocycles. The van der Waals surface area contributed by atoms with Gasteiger partial charge in [-0.15, -0.1) is 11.3 Å². The number of halogens is 1. The van der Waals surface area contributed by atoms with Crippen molar-refractivity contribution >= 4 is 32.3 Å². The van der Waals surface area contributed by atoms with Crippen LogP contribution in [0, 0.1) is 6.92 Å². The summed E-state index contributed by atoms with van der Waals surface area (Å²) in [5.41, 5.74) is 7.33. The van der Waals surface area contributed by atoms with E-state index in [0.717, 1.165) is 14.9 Å². The molecule has 0 aromatic carbocycles. The minimum Gasteiger partial charge on any atom is -0.390 e. The van der Waals surface area contributed by atoms with E-state index in [9.17, 15) is 0 Å². The van der Waals surface area contributed by atoms with Crippen LogP contribution in [0.2, 0.25) is 0 Å². The molecule has 2 N–H and O–H groups in total. The number of nitrogens with zero attached hydrogens (tertiary/aromatic N) is 3. The second kappa shape index (κ2) is 4.75. The average Bonchev–Trinajstić information content (AvgIpc) is 2.96. The van der Waals surface area contributed by atoms with E-state index >= 15 is 0 Å². The predicted octanol–water partition coefficient (Wildman–Crippen LogP) is 3.51. The number of nitrogen functional groups attached to an aromatic ring is 1. The highest BCUT2D eigenvalue weighted by molar-refractivity contribution is 9.10. The van der Waals surface area contributed by atoms with Crippen LogP contribution in [-0.2, 0) is 0 Å². The van der Waals surface area contributed by atoms with Crippen molar-refractivity contribution in [1.29, 1.82) is 0 Å². The van der Waals surface area contributed by atoms with E-state index in [4.69, 9.17) is 10.3 Å². The van der Waals surface area contributed by atoms with E-state index in [-0.39, 0.29) is 0 Å². The number of thiophene rings is 1. The van der Waals surface area contributed by atoms with Crippen LogP contribution >= 0.6 is 27.3 Å². The fraction of sp³-hybridized carbons (Fsp3) is 0.0833. The van der Waals surface area contributed by atoms with Gasteiger partial charge in [-0.05, 0) is 41.1 Å². The number of aromatic nitrogens is 3. The van der Waals surface area contributed by atoms with Gasteiger partial charge in [0.2, 0.25) is 5.82 Å². The Hall–Kier alpha value is -1.73. The van der Waals surface area contributed by atoms with Crippen LogP contribution in [0.4, 0.5) is 5.00 Å². The lowest BCUT2D eigenvalue weighted by Crippen LogP contribution is -1.87. The Morgan fingerprint density at radius 2 is 2.26 bits per heavy atom. The Kier molecular flexibility index (Phi) is 3.08. The molecule has 0 aliphatic carbocycles. The minimum atomic E-state index is 0.411. The molecule has 7 heteroatoms. The van der Waals surface area contributed by atoms with Gasteiger partial charge in [-0.3, -0.25) is 4.98 Å². The first kappa shape index (κ1) is 12.3. The fourth-order valence-electron chi connectivity index (χ4n) is 1.68. The van der Waals surface area contributed by atoms with Crippen LogP contribution in [0.5, 0.6) is 0 Å². The van der Waals surface area contributed by atoms with Crippen molar-refractivity contribution in [3.8, 4) is 23.0 Å². The summed E-state index contributed by atoms with van der Waals surface area (Å²) in [6, 6.07) is 5.64. The highest BCUT2D eigenvalue weighted by Gasteiger charge is 2.17. The third-order valence-electron chi connectivity index (χ3n) is 2.51. The van der Waals surface area contributed by atoms with E-state index in [2.05, 4.69) is 31.1 Å². The molecule has 0 amide bonds. The third kappa shape index (κ3) is 2.26. The van der Waals surface area contributed by atoms with Crippen molar-refractivity contribution in [1.82, 2.24) is 15.1 Å². The summed E-state index contributed by atoms with van der Waals surface area (Å²) in [6.07, 6.45) is 1.68. The second-order valence-electron chi connectivity index (χ2n) is 3.89. The first-order chi connectivity index (χ1) is 9.15. The predicted molar refractivity (Wildman–Crippen MR) is 77.7 cm³/mol. The topological polar surface area (TPSA) is 77.8 Å². The first-order valence-electron chi connectivity index (χ1n) is 5.46. The maximum Gasteiger partial charge on any atom is 0.261 e. The summed E-state index contributed by atoms with van der Waals surface area (Å²) in [5.74, 6) is 0.847. The SMILES string of the molecule is Cc1cc(-c2nc(-c3ncccc3Br)no2)c(N)s1. The van der Waals surface area contributed by atoms with Crippen LogP contribution in [0.25, 0.3) is 23.0 Å². The number of rotatable bonds is 2. The number of hydrogen-bond acceptors (Lipinski definition) is 6. The molecule has 96 valence electrons. The monoisotopic (exact) mass is 336 g/mol. The fourth-order valence-corrected chi connectivity index (χ4v) is 2.89. The third-order valence-corrected chi connectivity index (χ3v) is 4.03. The molecule has 19 heavy (non-hydrogen) atoms. The zero-order chi connectivity index (χ0) is 13.4. The standard InChI is InChI=1S/C12H9BrN4OS/c1-6-5-7(10(14)19-6)12-16-11(17-18-12)9-8(13)3-2-4-15-9/h2-5H,14H2,1H3. The molecule has 0 saturated heterocycles. The van der Waals surface area contributed by atoms with Crippen LogP contribution in [0.15, 0.2) is 33.4 Å². The summed E-state index contributed by atoms with van der Waals surface area (Å²) in [4.78, 5) is 9.67. The van der Waals surface area contributed by atoms with E-state index < -0.39 is 0 Å². The van der Waals surface area contributed by atoms with Gasteiger partial charge in [0.15, 0.2) is 0 Å². The molecule has 5 nitrogen and oxygen atoms in total. The number of nitrogens with two attached hydrogens (primary N) is 1. The molecule has 3 heterocycles. The largest absolute Gasteiger partial charge is 0.390 e. The molecular formula is C12H9BrN4OS. The van der Waals surface area contributed by atoms with Crippen molar-refractivity contribution in [2.75, 3.05) is 5.73 Å². The van der Waals surface area contributed by atoms with Gasteiger partial charge in [0.05, 0.1) is 10.6 Å². The number of pyridine rings is 1. The quantitative estimate of drug-likeness (QED) is 0.774. The van der Waals surface area contributed by atoms with Gasteiger partial charge in [-0.25, -0.2) is 0 Å². The summed E-state index contributed by atoms with van der Waals surface area (Å²) in [7, 11) is 0. The van der Waals surface area contributed by atoms with Gasteiger partial charge < -0.3 is 10.3 Å². The molecule has 3 aromatic rings. The van der Waals surface area contributed by atoms with Crippen LogP contribution < -0.4 is 5.73 Å². The van der Waals surface area contributed by atoms with Gasteiger partial charge in [-0.1, -0.05) is 5.16 Å². The number of anilines is 1. The highest BCUT2D eigenvalue weighted by atomic mass is 79.9. The maximum absolute atomic E-state index is 5.92. The molecule has 0 aliphatic rings. The summed E-state index contributed by atoms with van der Waals surface area (Å²) in [5, 5.41) is 4.62. The molecule has 0 radical (unpaired) electrons. The van der Waals surface area contributed by atoms with Crippen molar-refractivity contribution in [3.05, 3.63) is 33.7 Å². The van der Waals surface area contributed by atoms with Crippen molar-refractivity contribution < 1.29 is 4.52 Å². The zero-order valence-corrected chi connectivity index (χ0v) is 12.3. The molecular weight excluding hydrogens is 328 g/mol. The molecule has 0 bridgehead atoms. The Morgan fingerprint density at radius 1 is 1.42 bits per heavy atom. The van der Waals surface area contributed by atoms with Gasteiger partial charge in [0.25, 0.3) is 5.89 Å². The minimum absolute atomic E-state index is 0.411. The van der Waals surface area contributed by atoms with Crippen molar-refractivity contribution in [2.24, 2.45) is 0 Å². The van der Waals surface area contributed by atoms with E-state index in [1.54, 1.807) is 6.20 Å². The van der Waals surface area contributed by atoms with Gasteiger partial charge >= 0.3 is 0 Å². The normalized spacial score (nSPS) is 10.8. The molecule has 0 fully saturated rings. The number of hydrogen-bond donors (Lipinski definition) is 1. The molecule has 0 unspecified atom stereocenters. The molecule has 0 aliphatic heterocycles. The molecule has 0 spiro atoms. The van der Waals surface area contributed by atoms with Crippen LogP contribution in [0.3, 0.4) is 0 Å². The van der Waals surface area contributed by atoms with E-state index in [0.29, 0.717) is 22.4 Å². The summed E-state index contributed by atoms with van der Waals surface area (Å²) in [6.45, 7) is 1.98. The van der Waals surface area contributed by atoms with Crippen LogP contribution in [-0.4, -0.2) is 15.1 Å². The first-order valence-corrected chi connectivity index (χ1v) is 7.07. The average molecular weight is 337 g/mol. The van der Waals surface area contributed by atoms with Crippen molar-refractivity contribution in [3.63, 3.8) is 0 Å². The maximum atomic E-state index is 5.92. The highest BCUT2D eigenvalue weighted by Crippen LogP contribution is 2.33. The van der Waals surface area contributed by atoms with Crippen LogP contribution in [0.1, 0.15) is 4.88 Å². The molecule has 0 atom stereocenters. The van der Waals surface area contributed by atoms with Gasteiger partial charge in [0, 0.05) is 15.5 Å². The Labute approximate surface area is 121 Å². The number of aryl methyl sites for hydroxylation is 1. The lowest BCUT2D eigenvalue weighted by Gasteiger charge is -1.95. The smallest absolute Gasteiger partial charge is 0.261 e. The molecule has 3 aromatic heterocycles. The molecule has 3 rings (SSSR count). The lowest BCUT2D eigenvalue weighted by molar-refractivity contribution is 0.432. The Bertz CT molecular complexity index is 737. The van der Waals surface area contributed by atoms with Gasteiger partial charge in [0.1, 0.15) is 5.69 Å². The van der Waals surface area contributed by atoms with Crippen molar-refractivity contribution in [2.45, 2.75) is 6.92 Å². The second-order valence-corrected chi connectivity index (χ2v) is 6.03. The summed E-state index contributed by atoms with van der Waals surface area (Å²) < 4.78 is 6.08. The summed E-state index contributed by atoms with van der Waals surface area (Å²) >= 11 is 4.91. The van der Waals surface area contributed by atoms with E-state index in [1.165, 1.54) is 11.3 Å². The van der Waals surface area contributed by atoms with Gasteiger partial charge in [-0.2, -0.15) is 4.98 Å². The Morgan fingerprint density at radius 3 is 2.95 bits per heavy atom. The zero-order valence-electron chi connectivity index (χ0n) is 9.92. The Balaban J connectivity index is 2.05. The lowest BCUT2D eigenvalue weighted by atomic mass is 10.3. The van der Waals surface area contributed by atoms with E-state index in [1.807, 2.05) is 25.1 Å².